The van der Waals surface area contributed by atoms with Gasteiger partial charge in [0.05, 0.1) is 17.9 Å². The first-order chi connectivity index (χ1) is 17.7. The van der Waals surface area contributed by atoms with Crippen LogP contribution < -0.4 is 5.32 Å². The van der Waals surface area contributed by atoms with E-state index >= 15 is 0 Å². The van der Waals surface area contributed by atoms with E-state index in [-0.39, 0.29) is 6.42 Å². The summed E-state index contributed by atoms with van der Waals surface area (Å²) >= 11 is 0. The molecule has 0 aromatic carbocycles. The van der Waals surface area contributed by atoms with Crippen LogP contribution in [-0.4, -0.2) is 53.1 Å². The van der Waals surface area contributed by atoms with Crippen molar-refractivity contribution in [2.75, 3.05) is 5.75 Å². The topological polar surface area (TPSA) is 124 Å². The summed E-state index contributed by atoms with van der Waals surface area (Å²) in [7, 11) is -4.44. The maximum absolute atomic E-state index is 12.4. The molecule has 0 fully saturated rings. The minimum absolute atomic E-state index is 0.254. The van der Waals surface area contributed by atoms with Gasteiger partial charge in [0.25, 0.3) is 10.1 Å². The Hall–Kier alpha value is -1.74. The van der Waals surface area contributed by atoms with Gasteiger partial charge in [-0.25, -0.2) is 0 Å². The molecular formula is C29H51NO6S. The van der Waals surface area contributed by atoms with Crippen molar-refractivity contribution in [2.24, 2.45) is 0 Å². The summed E-state index contributed by atoms with van der Waals surface area (Å²) in [6.07, 6.45) is 26.3. The second kappa shape index (κ2) is 23.4. The largest absolute Gasteiger partial charge is 0.387 e. The molecule has 37 heavy (non-hydrogen) atoms. The Kier molecular flexibility index (Phi) is 22.3. The van der Waals surface area contributed by atoms with Gasteiger partial charge in [-0.2, -0.15) is 8.42 Å². The molecule has 0 saturated carbocycles. The average molecular weight is 542 g/mol. The van der Waals surface area contributed by atoms with E-state index < -0.39 is 40.0 Å². The van der Waals surface area contributed by atoms with E-state index in [2.05, 4.69) is 36.5 Å². The second-order valence-corrected chi connectivity index (χ2v) is 10.9. The normalized spacial score (nSPS) is 15.3. The summed E-state index contributed by atoms with van der Waals surface area (Å²) < 4.78 is 32.0. The van der Waals surface area contributed by atoms with E-state index in [1.54, 1.807) is 6.08 Å². The first-order valence-corrected chi connectivity index (χ1v) is 15.5. The van der Waals surface area contributed by atoms with E-state index in [0.717, 1.165) is 51.4 Å². The van der Waals surface area contributed by atoms with Gasteiger partial charge in [0.1, 0.15) is 6.10 Å². The standard InChI is InChI=1S/C29H51NO6S/c1-3-5-7-9-11-13-14-16-18-20-22-24-28(32)29(33)30-26(25-37(34,35)36)27(31)23-21-19-17-15-12-10-8-6-4-2/h4,6,11-13,15,21,23,26-28,31-32H,3,5,7-10,14,16-20,22,24-25H2,1-2H3,(H,30,33)(H,34,35,36)/b6-4+,13-11-,15-12+,23-21+. The maximum atomic E-state index is 12.4. The van der Waals surface area contributed by atoms with Gasteiger partial charge in [-0.05, 0) is 64.7 Å². The monoisotopic (exact) mass is 541 g/mol. The Morgan fingerprint density at radius 2 is 1.32 bits per heavy atom. The number of unbranched alkanes of at least 4 members (excludes halogenated alkanes) is 9. The number of hydrogen-bond acceptors (Lipinski definition) is 5. The van der Waals surface area contributed by atoms with Crippen molar-refractivity contribution in [1.29, 1.82) is 0 Å². The molecule has 7 nitrogen and oxygen atoms in total. The van der Waals surface area contributed by atoms with Crippen LogP contribution in [0.25, 0.3) is 0 Å². The highest BCUT2D eigenvalue weighted by atomic mass is 32.2. The molecule has 0 bridgehead atoms. The predicted octanol–water partition coefficient (Wildman–Crippen LogP) is 5.81. The van der Waals surface area contributed by atoms with Crippen LogP contribution in [0.1, 0.15) is 104 Å². The molecule has 0 spiro atoms. The molecule has 214 valence electrons. The van der Waals surface area contributed by atoms with Crippen LogP contribution in [0.5, 0.6) is 0 Å². The summed E-state index contributed by atoms with van der Waals surface area (Å²) in [6, 6.07) is -1.26. The maximum Gasteiger partial charge on any atom is 0.267 e. The van der Waals surface area contributed by atoms with Crippen LogP contribution in [-0.2, 0) is 14.9 Å². The lowest BCUT2D eigenvalue weighted by atomic mass is 10.1. The highest BCUT2D eigenvalue weighted by molar-refractivity contribution is 7.85. The third kappa shape index (κ3) is 23.1. The van der Waals surface area contributed by atoms with Gasteiger partial charge in [0.2, 0.25) is 5.91 Å². The number of rotatable bonds is 23. The Bertz CT molecular complexity index is 788. The van der Waals surface area contributed by atoms with Crippen molar-refractivity contribution in [3.8, 4) is 0 Å². The first kappa shape index (κ1) is 35.3. The number of hydrogen-bond donors (Lipinski definition) is 4. The third-order valence-electron chi connectivity index (χ3n) is 5.91. The molecule has 0 aliphatic rings. The molecule has 3 atom stereocenters. The zero-order valence-electron chi connectivity index (χ0n) is 22.9. The number of amides is 1. The predicted molar refractivity (Wildman–Crippen MR) is 153 cm³/mol. The number of carbonyl (C=O) groups excluding carboxylic acids is 1. The molecule has 4 N–H and O–H groups in total. The van der Waals surface area contributed by atoms with E-state index in [1.165, 1.54) is 25.3 Å². The molecule has 0 heterocycles. The van der Waals surface area contributed by atoms with Crippen LogP contribution in [0, 0.1) is 0 Å². The highest BCUT2D eigenvalue weighted by Crippen LogP contribution is 2.10. The fourth-order valence-corrected chi connectivity index (χ4v) is 4.46. The zero-order valence-corrected chi connectivity index (χ0v) is 23.7. The van der Waals surface area contributed by atoms with Gasteiger partial charge in [0, 0.05) is 0 Å². The summed E-state index contributed by atoms with van der Waals surface area (Å²) in [5.41, 5.74) is 0. The molecule has 0 rings (SSSR count). The van der Waals surface area contributed by atoms with Crippen LogP contribution in [0.3, 0.4) is 0 Å². The van der Waals surface area contributed by atoms with Crippen molar-refractivity contribution in [2.45, 2.75) is 122 Å². The first-order valence-electron chi connectivity index (χ1n) is 13.9. The van der Waals surface area contributed by atoms with E-state index in [1.807, 2.05) is 19.1 Å². The number of nitrogens with one attached hydrogen (secondary N) is 1. The molecule has 0 aliphatic carbocycles. The number of aliphatic hydroxyl groups is 2. The molecule has 0 radical (unpaired) electrons. The Labute approximate surface area is 225 Å². The zero-order chi connectivity index (χ0) is 27.8. The molecule has 0 saturated heterocycles. The Morgan fingerprint density at radius 1 is 0.784 bits per heavy atom. The van der Waals surface area contributed by atoms with Gasteiger partial charge in [0.15, 0.2) is 0 Å². The minimum atomic E-state index is -4.44. The van der Waals surface area contributed by atoms with Gasteiger partial charge in [-0.3, -0.25) is 9.35 Å². The van der Waals surface area contributed by atoms with Gasteiger partial charge >= 0.3 is 0 Å². The second-order valence-electron chi connectivity index (χ2n) is 9.45. The SMILES string of the molecule is C/C=C/CC/C=C/CC/C=C/C(O)C(CS(=O)(=O)O)NC(=O)C(O)CCCCCC/C=C\CCCCC. The molecule has 8 heteroatoms. The fourth-order valence-electron chi connectivity index (χ4n) is 3.72. The van der Waals surface area contributed by atoms with Crippen molar-refractivity contribution in [1.82, 2.24) is 5.32 Å². The third-order valence-corrected chi connectivity index (χ3v) is 6.69. The van der Waals surface area contributed by atoms with Crippen LogP contribution >= 0.6 is 0 Å². The van der Waals surface area contributed by atoms with Crippen molar-refractivity contribution in [3.05, 3.63) is 48.6 Å². The average Bonchev–Trinajstić information content (AvgIpc) is 2.84. The molecule has 3 unspecified atom stereocenters. The van der Waals surface area contributed by atoms with E-state index in [4.69, 9.17) is 0 Å². The number of carbonyl (C=O) groups is 1. The molecule has 0 aliphatic heterocycles. The Morgan fingerprint density at radius 3 is 1.92 bits per heavy atom. The number of allylic oxidation sites excluding steroid dienone is 7. The summed E-state index contributed by atoms with van der Waals surface area (Å²) in [6.45, 7) is 4.18. The summed E-state index contributed by atoms with van der Waals surface area (Å²) in [5.74, 6) is -1.59. The van der Waals surface area contributed by atoms with Crippen molar-refractivity contribution in [3.63, 3.8) is 0 Å². The number of aliphatic hydroxyl groups excluding tert-OH is 2. The van der Waals surface area contributed by atoms with E-state index in [9.17, 15) is 28.0 Å². The lowest BCUT2D eigenvalue weighted by molar-refractivity contribution is -0.130. The summed E-state index contributed by atoms with van der Waals surface area (Å²) in [4.78, 5) is 12.4. The molecular weight excluding hydrogens is 490 g/mol. The van der Waals surface area contributed by atoms with Crippen molar-refractivity contribution >= 4 is 16.0 Å². The van der Waals surface area contributed by atoms with Crippen LogP contribution in [0.2, 0.25) is 0 Å². The van der Waals surface area contributed by atoms with Gasteiger partial charge in [-0.1, -0.05) is 87.6 Å². The molecule has 0 aromatic rings. The quantitative estimate of drug-likeness (QED) is 0.0735. The van der Waals surface area contributed by atoms with Gasteiger partial charge in [-0.15, -0.1) is 0 Å². The Balaban J connectivity index is 4.40. The lowest BCUT2D eigenvalue weighted by Gasteiger charge is -2.22. The smallest absolute Gasteiger partial charge is 0.267 e. The van der Waals surface area contributed by atoms with Gasteiger partial charge < -0.3 is 15.5 Å². The molecule has 0 aromatic heterocycles. The molecule has 1 amide bonds. The van der Waals surface area contributed by atoms with Crippen LogP contribution in [0.15, 0.2) is 48.6 Å². The van der Waals surface area contributed by atoms with Crippen molar-refractivity contribution < 1.29 is 28.0 Å². The highest BCUT2D eigenvalue weighted by Gasteiger charge is 2.27. The van der Waals surface area contributed by atoms with E-state index in [0.29, 0.717) is 12.8 Å². The minimum Gasteiger partial charge on any atom is -0.387 e. The summed E-state index contributed by atoms with van der Waals surface area (Å²) in [5, 5.41) is 23.0. The van der Waals surface area contributed by atoms with Crippen LogP contribution in [0.4, 0.5) is 0 Å². The fraction of sp³-hybridized carbons (Fsp3) is 0.690. The lowest BCUT2D eigenvalue weighted by Crippen LogP contribution is -2.50.